The highest BCUT2D eigenvalue weighted by molar-refractivity contribution is 5.87. The van der Waals surface area contributed by atoms with E-state index in [1.165, 1.54) is 82.3 Å². The van der Waals surface area contributed by atoms with Crippen LogP contribution in [0.2, 0.25) is 0 Å². The van der Waals surface area contributed by atoms with Crippen molar-refractivity contribution in [3.05, 3.63) is 53.9 Å². The molecule has 4 nitrogen and oxygen atoms in total. The maximum atomic E-state index is 12.1. The van der Waals surface area contributed by atoms with Crippen molar-refractivity contribution in [3.63, 3.8) is 0 Å². The minimum atomic E-state index is -0.285. The molecule has 0 fully saturated rings. The molecule has 0 aliphatic heterocycles. The van der Waals surface area contributed by atoms with Crippen molar-refractivity contribution < 1.29 is 9.53 Å². The second kappa shape index (κ2) is 17.9. The predicted molar refractivity (Wildman–Crippen MR) is 147 cm³/mol. The third kappa shape index (κ3) is 12.7. The predicted octanol–water partition coefficient (Wildman–Crippen LogP) is 8.74. The first-order valence-electron chi connectivity index (χ1n) is 13.9. The van der Waals surface area contributed by atoms with Gasteiger partial charge < -0.3 is 4.74 Å². The Kier molecular flexibility index (Phi) is 14.7. The van der Waals surface area contributed by atoms with Crippen LogP contribution in [-0.4, -0.2) is 22.0 Å². The van der Waals surface area contributed by atoms with Crippen LogP contribution in [0.15, 0.2) is 42.7 Å². The number of carbonyl (C=O) groups is 1. The fraction of sp³-hybridized carbons (Fsp3) is 0.581. The minimum absolute atomic E-state index is 0.0398. The summed E-state index contributed by atoms with van der Waals surface area (Å²) >= 11 is 0. The first kappa shape index (κ1) is 28.7. The lowest BCUT2D eigenvalue weighted by Gasteiger charge is -2.11. The van der Waals surface area contributed by atoms with Gasteiger partial charge in [-0.25, -0.2) is 14.8 Å². The van der Waals surface area contributed by atoms with E-state index < -0.39 is 0 Å². The van der Waals surface area contributed by atoms with E-state index in [1.54, 1.807) is 6.08 Å². The number of aromatic nitrogens is 2. The second-order valence-corrected chi connectivity index (χ2v) is 9.69. The Hall–Kier alpha value is -2.49. The summed E-state index contributed by atoms with van der Waals surface area (Å²) in [6.07, 6.45) is 24.5. The number of unbranched alkanes of at least 4 members (excludes halogenated alkanes) is 10. The zero-order valence-corrected chi connectivity index (χ0v) is 22.3. The highest BCUT2D eigenvalue weighted by Gasteiger charge is 2.07. The van der Waals surface area contributed by atoms with Crippen molar-refractivity contribution in [3.8, 4) is 11.4 Å². The number of ether oxygens (including phenoxy) is 1. The quantitative estimate of drug-likeness (QED) is 0.122. The zero-order valence-electron chi connectivity index (χ0n) is 22.3. The van der Waals surface area contributed by atoms with E-state index in [0.717, 1.165) is 36.2 Å². The molecule has 35 heavy (non-hydrogen) atoms. The minimum Gasteiger partial charge on any atom is -0.460 e. The smallest absolute Gasteiger partial charge is 0.331 e. The molecule has 0 spiro atoms. The topological polar surface area (TPSA) is 52.1 Å². The highest BCUT2D eigenvalue weighted by Crippen LogP contribution is 2.17. The lowest BCUT2D eigenvalue weighted by Crippen LogP contribution is -2.12. The van der Waals surface area contributed by atoms with Crippen LogP contribution in [0.5, 0.6) is 0 Å². The Labute approximate surface area is 213 Å². The maximum absolute atomic E-state index is 12.1. The molecule has 1 aromatic heterocycles. The Morgan fingerprint density at radius 2 is 1.40 bits per heavy atom. The molecule has 0 aliphatic carbocycles. The standard InChI is InChI=1S/C31H46N2O2/c1-4-6-8-10-11-12-13-15-17-28-24-32-31(33-25-28)29-21-18-27(19-22-29)20-23-30(34)35-26(3)16-14-9-7-5-2/h18-26H,4-17H2,1-3H3/t26-/m1/s1. The second-order valence-electron chi connectivity index (χ2n) is 9.69. The van der Waals surface area contributed by atoms with Crippen LogP contribution in [0.25, 0.3) is 17.5 Å². The molecule has 0 aliphatic rings. The lowest BCUT2D eigenvalue weighted by molar-refractivity contribution is -0.142. The molecule has 0 bridgehead atoms. The van der Waals surface area contributed by atoms with Crippen molar-refractivity contribution in [2.24, 2.45) is 0 Å². The number of benzene rings is 1. The largest absolute Gasteiger partial charge is 0.460 e. The first-order valence-corrected chi connectivity index (χ1v) is 13.9. The number of hydrogen-bond donors (Lipinski definition) is 0. The van der Waals surface area contributed by atoms with Crippen LogP contribution in [-0.2, 0) is 16.0 Å². The SMILES string of the molecule is CCCCCCCCCCc1cnc(-c2ccc(C=CC(=O)O[C@H](C)CCCCCC)cc2)nc1. The number of aryl methyl sites for hydroxylation is 1. The van der Waals surface area contributed by atoms with Crippen molar-refractivity contribution in [2.75, 3.05) is 0 Å². The van der Waals surface area contributed by atoms with Gasteiger partial charge in [0, 0.05) is 24.0 Å². The summed E-state index contributed by atoms with van der Waals surface area (Å²) in [7, 11) is 0. The van der Waals surface area contributed by atoms with Crippen LogP contribution >= 0.6 is 0 Å². The van der Waals surface area contributed by atoms with Crippen LogP contribution in [0, 0.1) is 0 Å². The molecule has 0 N–H and O–H groups in total. The van der Waals surface area contributed by atoms with Crippen molar-refractivity contribution in [1.82, 2.24) is 9.97 Å². The van der Waals surface area contributed by atoms with E-state index in [2.05, 4.69) is 23.8 Å². The summed E-state index contributed by atoms with van der Waals surface area (Å²) in [5.41, 5.74) is 3.13. The summed E-state index contributed by atoms with van der Waals surface area (Å²) in [4.78, 5) is 21.2. The number of rotatable bonds is 18. The number of nitrogens with zero attached hydrogens (tertiary/aromatic N) is 2. The van der Waals surface area contributed by atoms with Crippen LogP contribution in [0.1, 0.15) is 115 Å². The molecule has 4 heteroatoms. The normalized spacial score (nSPS) is 12.2. The summed E-state index contributed by atoms with van der Waals surface area (Å²) < 4.78 is 5.47. The molecule has 192 valence electrons. The third-order valence-corrected chi connectivity index (χ3v) is 6.39. The van der Waals surface area contributed by atoms with Crippen LogP contribution in [0.4, 0.5) is 0 Å². The van der Waals surface area contributed by atoms with Crippen molar-refractivity contribution in [1.29, 1.82) is 0 Å². The monoisotopic (exact) mass is 478 g/mol. The average molecular weight is 479 g/mol. The number of carbonyl (C=O) groups excluding carboxylic acids is 1. The molecule has 1 aromatic carbocycles. The molecule has 0 unspecified atom stereocenters. The fourth-order valence-electron chi connectivity index (χ4n) is 4.16. The van der Waals surface area contributed by atoms with E-state index in [-0.39, 0.29) is 12.1 Å². The molecule has 0 saturated heterocycles. The fourth-order valence-corrected chi connectivity index (χ4v) is 4.16. The zero-order chi connectivity index (χ0) is 25.1. The van der Waals surface area contributed by atoms with Crippen LogP contribution < -0.4 is 0 Å². The van der Waals surface area contributed by atoms with Gasteiger partial charge in [0.2, 0.25) is 0 Å². The highest BCUT2D eigenvalue weighted by atomic mass is 16.5. The Balaban J connectivity index is 1.72. The van der Waals surface area contributed by atoms with E-state index in [9.17, 15) is 4.79 Å². The molecule has 1 atom stereocenters. The molecule has 0 saturated carbocycles. The molecule has 0 amide bonds. The van der Waals surface area contributed by atoms with Gasteiger partial charge in [-0.1, -0.05) is 102 Å². The van der Waals surface area contributed by atoms with Gasteiger partial charge in [-0.3, -0.25) is 0 Å². The summed E-state index contributed by atoms with van der Waals surface area (Å²) in [5, 5.41) is 0. The van der Waals surface area contributed by atoms with Gasteiger partial charge in [0.15, 0.2) is 5.82 Å². The first-order chi connectivity index (χ1) is 17.1. The van der Waals surface area contributed by atoms with E-state index in [0.29, 0.717) is 0 Å². The number of esters is 1. The van der Waals surface area contributed by atoms with Crippen LogP contribution in [0.3, 0.4) is 0 Å². The Morgan fingerprint density at radius 1 is 0.829 bits per heavy atom. The molecule has 1 heterocycles. The van der Waals surface area contributed by atoms with Gasteiger partial charge in [0.05, 0.1) is 6.10 Å². The summed E-state index contributed by atoms with van der Waals surface area (Å²) in [6.45, 7) is 6.43. The van der Waals surface area contributed by atoms with Gasteiger partial charge in [-0.05, 0) is 49.8 Å². The molecular formula is C31H46N2O2. The van der Waals surface area contributed by atoms with Gasteiger partial charge in [-0.15, -0.1) is 0 Å². The van der Waals surface area contributed by atoms with E-state index in [1.807, 2.05) is 43.6 Å². The summed E-state index contributed by atoms with van der Waals surface area (Å²) in [6, 6.07) is 7.94. The van der Waals surface area contributed by atoms with E-state index >= 15 is 0 Å². The van der Waals surface area contributed by atoms with Gasteiger partial charge in [0.1, 0.15) is 0 Å². The summed E-state index contributed by atoms with van der Waals surface area (Å²) in [5.74, 6) is 0.448. The van der Waals surface area contributed by atoms with Gasteiger partial charge in [0.25, 0.3) is 0 Å². The Morgan fingerprint density at radius 3 is 2.03 bits per heavy atom. The molecule has 0 radical (unpaired) electrons. The molecule has 2 aromatic rings. The van der Waals surface area contributed by atoms with Gasteiger partial charge in [-0.2, -0.15) is 0 Å². The van der Waals surface area contributed by atoms with E-state index in [4.69, 9.17) is 4.74 Å². The average Bonchev–Trinajstić information content (AvgIpc) is 2.88. The third-order valence-electron chi connectivity index (χ3n) is 6.39. The Bertz CT molecular complexity index is 843. The van der Waals surface area contributed by atoms with Crippen molar-refractivity contribution in [2.45, 2.75) is 117 Å². The molecular weight excluding hydrogens is 432 g/mol. The maximum Gasteiger partial charge on any atom is 0.331 e. The van der Waals surface area contributed by atoms with Crippen molar-refractivity contribution >= 4 is 12.0 Å². The number of hydrogen-bond acceptors (Lipinski definition) is 4. The van der Waals surface area contributed by atoms with Gasteiger partial charge >= 0.3 is 5.97 Å². The lowest BCUT2D eigenvalue weighted by atomic mass is 10.1. The molecule has 2 rings (SSSR count).